The van der Waals surface area contributed by atoms with E-state index >= 15 is 0 Å². The van der Waals surface area contributed by atoms with E-state index in [4.69, 9.17) is 9.84 Å². The van der Waals surface area contributed by atoms with E-state index in [9.17, 15) is 9.59 Å². The molecule has 0 aromatic heterocycles. The average molecular weight is 267 g/mol. The fraction of sp³-hybridized carbons (Fsp3) is 0.714. The lowest BCUT2D eigenvalue weighted by atomic mass is 9.94. The Labute approximate surface area is 113 Å². The van der Waals surface area contributed by atoms with Gasteiger partial charge in [0.1, 0.15) is 0 Å². The summed E-state index contributed by atoms with van der Waals surface area (Å²) in [6, 6.07) is 0. The van der Waals surface area contributed by atoms with Gasteiger partial charge in [0.05, 0.1) is 18.4 Å². The number of carboxylic acid groups (broad SMARTS) is 1. The fourth-order valence-corrected chi connectivity index (χ4v) is 3.01. The number of carboxylic acids is 1. The topological polar surface area (TPSA) is 66.8 Å². The van der Waals surface area contributed by atoms with Gasteiger partial charge in [-0.3, -0.25) is 9.59 Å². The lowest BCUT2D eigenvalue weighted by Gasteiger charge is -2.29. The Morgan fingerprint density at radius 1 is 1.42 bits per heavy atom. The van der Waals surface area contributed by atoms with Crippen molar-refractivity contribution in [2.24, 2.45) is 11.8 Å². The van der Waals surface area contributed by atoms with Crippen LogP contribution in [0, 0.1) is 11.8 Å². The molecule has 1 aliphatic carbocycles. The van der Waals surface area contributed by atoms with Crippen LogP contribution in [0.2, 0.25) is 0 Å². The number of carbonyl (C=O) groups is 2. The van der Waals surface area contributed by atoms with Gasteiger partial charge in [-0.05, 0) is 24.8 Å². The summed E-state index contributed by atoms with van der Waals surface area (Å²) in [6.07, 6.45) is 5.02. The quantitative estimate of drug-likeness (QED) is 0.779. The van der Waals surface area contributed by atoms with Crippen LogP contribution in [0.25, 0.3) is 0 Å². The summed E-state index contributed by atoms with van der Waals surface area (Å²) < 4.78 is 5.08. The standard InChI is InChI=1S/C14H21NO4/c1-19-9-10-5-7-15(8-6-10)13(16)11-3-2-4-12(11)14(17)18/h5,11-12H,2-4,6-9H2,1H3,(H,17,18). The molecule has 0 spiro atoms. The fourth-order valence-electron chi connectivity index (χ4n) is 3.01. The number of methoxy groups -OCH3 is 1. The van der Waals surface area contributed by atoms with E-state index in [1.54, 1.807) is 12.0 Å². The minimum absolute atomic E-state index is 0.0117. The lowest BCUT2D eigenvalue weighted by Crippen LogP contribution is -2.41. The third-order valence-electron chi connectivity index (χ3n) is 4.09. The molecule has 0 aromatic carbocycles. The van der Waals surface area contributed by atoms with E-state index in [1.807, 2.05) is 6.08 Å². The van der Waals surface area contributed by atoms with E-state index < -0.39 is 11.9 Å². The van der Waals surface area contributed by atoms with Crippen molar-refractivity contribution in [1.29, 1.82) is 0 Å². The molecular formula is C14H21NO4. The van der Waals surface area contributed by atoms with Gasteiger partial charge in [-0.15, -0.1) is 0 Å². The normalized spacial score (nSPS) is 27.2. The van der Waals surface area contributed by atoms with Gasteiger partial charge in [-0.1, -0.05) is 12.5 Å². The first-order chi connectivity index (χ1) is 9.13. The van der Waals surface area contributed by atoms with E-state index in [0.29, 0.717) is 32.5 Å². The first kappa shape index (κ1) is 14.1. The summed E-state index contributed by atoms with van der Waals surface area (Å²) in [4.78, 5) is 25.3. The van der Waals surface area contributed by atoms with Crippen molar-refractivity contribution >= 4 is 11.9 Å². The number of carbonyl (C=O) groups excluding carboxylic acids is 1. The van der Waals surface area contributed by atoms with Gasteiger partial charge in [-0.2, -0.15) is 0 Å². The molecule has 2 unspecified atom stereocenters. The molecule has 1 fully saturated rings. The highest BCUT2D eigenvalue weighted by Gasteiger charge is 2.39. The molecule has 1 saturated carbocycles. The number of ether oxygens (including phenoxy) is 1. The van der Waals surface area contributed by atoms with Crippen LogP contribution in [0.3, 0.4) is 0 Å². The average Bonchev–Trinajstić information content (AvgIpc) is 2.88. The van der Waals surface area contributed by atoms with Crippen molar-refractivity contribution in [3.05, 3.63) is 11.6 Å². The second kappa shape index (κ2) is 6.19. The van der Waals surface area contributed by atoms with Gasteiger partial charge >= 0.3 is 5.97 Å². The Hall–Kier alpha value is -1.36. The molecule has 5 heteroatoms. The molecule has 0 bridgehead atoms. The van der Waals surface area contributed by atoms with Crippen LogP contribution in [0.1, 0.15) is 25.7 Å². The van der Waals surface area contributed by atoms with Gasteiger partial charge in [0.2, 0.25) is 5.91 Å². The Balaban J connectivity index is 1.96. The van der Waals surface area contributed by atoms with Crippen molar-refractivity contribution < 1.29 is 19.4 Å². The summed E-state index contributed by atoms with van der Waals surface area (Å²) in [5, 5.41) is 9.14. The maximum absolute atomic E-state index is 12.4. The zero-order chi connectivity index (χ0) is 13.8. The Kier molecular flexibility index (Phi) is 4.58. The van der Waals surface area contributed by atoms with Crippen molar-refractivity contribution in [1.82, 2.24) is 4.90 Å². The third kappa shape index (κ3) is 3.15. The maximum Gasteiger partial charge on any atom is 0.307 e. The lowest BCUT2D eigenvalue weighted by molar-refractivity contribution is -0.149. The summed E-state index contributed by atoms with van der Waals surface area (Å²) in [7, 11) is 1.66. The number of nitrogens with zero attached hydrogens (tertiary/aromatic N) is 1. The second-order valence-corrected chi connectivity index (χ2v) is 5.31. The summed E-state index contributed by atoms with van der Waals surface area (Å²) >= 11 is 0. The minimum Gasteiger partial charge on any atom is -0.481 e. The molecular weight excluding hydrogens is 246 g/mol. The molecule has 5 nitrogen and oxygen atoms in total. The highest BCUT2D eigenvalue weighted by Crippen LogP contribution is 2.33. The van der Waals surface area contributed by atoms with Crippen LogP contribution in [0.15, 0.2) is 11.6 Å². The van der Waals surface area contributed by atoms with Crippen LogP contribution >= 0.6 is 0 Å². The van der Waals surface area contributed by atoms with E-state index in [-0.39, 0.29) is 11.8 Å². The highest BCUT2D eigenvalue weighted by atomic mass is 16.5. The van der Waals surface area contributed by atoms with Gasteiger partial charge in [0.25, 0.3) is 0 Å². The minimum atomic E-state index is -0.830. The summed E-state index contributed by atoms with van der Waals surface area (Å²) in [5.74, 6) is -1.63. The highest BCUT2D eigenvalue weighted by molar-refractivity contribution is 5.85. The molecule has 0 saturated heterocycles. The van der Waals surface area contributed by atoms with Gasteiger partial charge in [0, 0.05) is 20.2 Å². The zero-order valence-electron chi connectivity index (χ0n) is 11.3. The van der Waals surface area contributed by atoms with Crippen LogP contribution in [-0.4, -0.2) is 48.7 Å². The molecule has 0 radical (unpaired) electrons. The molecule has 2 atom stereocenters. The molecule has 1 heterocycles. The molecule has 2 rings (SSSR count). The zero-order valence-corrected chi connectivity index (χ0v) is 11.3. The number of hydrogen-bond acceptors (Lipinski definition) is 3. The van der Waals surface area contributed by atoms with Gasteiger partial charge in [-0.25, -0.2) is 0 Å². The Morgan fingerprint density at radius 3 is 2.74 bits per heavy atom. The monoisotopic (exact) mass is 267 g/mol. The predicted octanol–water partition coefficient (Wildman–Crippen LogP) is 1.29. The molecule has 2 aliphatic rings. The van der Waals surface area contributed by atoms with E-state index in [1.165, 1.54) is 5.57 Å². The second-order valence-electron chi connectivity index (χ2n) is 5.31. The van der Waals surface area contributed by atoms with Crippen LogP contribution < -0.4 is 0 Å². The largest absolute Gasteiger partial charge is 0.481 e. The van der Waals surface area contributed by atoms with Crippen LogP contribution in [-0.2, 0) is 14.3 Å². The number of rotatable bonds is 4. The van der Waals surface area contributed by atoms with E-state index in [0.717, 1.165) is 12.8 Å². The number of aliphatic carboxylic acids is 1. The molecule has 0 aromatic rings. The number of hydrogen-bond donors (Lipinski definition) is 1. The van der Waals surface area contributed by atoms with E-state index in [2.05, 4.69) is 0 Å². The summed E-state index contributed by atoms with van der Waals surface area (Å²) in [5.41, 5.74) is 1.22. The third-order valence-corrected chi connectivity index (χ3v) is 4.09. The number of amides is 1. The molecule has 1 amide bonds. The van der Waals surface area contributed by atoms with Crippen molar-refractivity contribution in [3.8, 4) is 0 Å². The first-order valence-electron chi connectivity index (χ1n) is 6.82. The van der Waals surface area contributed by atoms with Crippen molar-refractivity contribution in [2.75, 3.05) is 26.8 Å². The molecule has 106 valence electrons. The van der Waals surface area contributed by atoms with Crippen LogP contribution in [0.5, 0.6) is 0 Å². The molecule has 1 aliphatic heterocycles. The molecule has 1 N–H and O–H groups in total. The summed E-state index contributed by atoms with van der Waals surface area (Å²) in [6.45, 7) is 1.88. The molecule has 19 heavy (non-hydrogen) atoms. The van der Waals surface area contributed by atoms with Gasteiger partial charge in [0.15, 0.2) is 0 Å². The Morgan fingerprint density at radius 2 is 2.16 bits per heavy atom. The first-order valence-corrected chi connectivity index (χ1v) is 6.82. The predicted molar refractivity (Wildman–Crippen MR) is 69.6 cm³/mol. The van der Waals surface area contributed by atoms with Gasteiger partial charge < -0.3 is 14.7 Å². The van der Waals surface area contributed by atoms with Crippen LogP contribution in [0.4, 0.5) is 0 Å². The smallest absolute Gasteiger partial charge is 0.307 e. The SMILES string of the molecule is COCC1=CCN(C(=O)C2CCCC2C(=O)O)CC1. The maximum atomic E-state index is 12.4. The van der Waals surface area contributed by atoms with Crippen molar-refractivity contribution in [2.45, 2.75) is 25.7 Å². The van der Waals surface area contributed by atoms with Crippen molar-refractivity contribution in [3.63, 3.8) is 0 Å². The Bertz CT molecular complexity index is 391.